The van der Waals surface area contributed by atoms with Gasteiger partial charge in [-0.15, -0.1) is 0 Å². The number of carbonyl (C=O) groups excluding carboxylic acids is 1. The third kappa shape index (κ3) is 3.84. The molecule has 1 aliphatic carbocycles. The first-order chi connectivity index (χ1) is 8.16. The van der Waals surface area contributed by atoms with Crippen molar-refractivity contribution >= 4 is 5.97 Å². The summed E-state index contributed by atoms with van der Waals surface area (Å²) in [6.07, 6.45) is 8.74. The molecule has 1 heterocycles. The zero-order chi connectivity index (χ0) is 12.3. The van der Waals surface area contributed by atoms with Crippen molar-refractivity contribution in [1.82, 2.24) is 0 Å². The molecular formula is C14H22O3. The predicted octanol–water partition coefficient (Wildman–Crippen LogP) is 2.99. The average Bonchev–Trinajstić information content (AvgIpc) is 3.03. The molecule has 0 radical (unpaired) electrons. The summed E-state index contributed by atoms with van der Waals surface area (Å²) in [5.41, 5.74) is 0.493. The van der Waals surface area contributed by atoms with Crippen molar-refractivity contribution < 1.29 is 14.3 Å². The molecule has 0 aromatic carbocycles. The summed E-state index contributed by atoms with van der Waals surface area (Å²) < 4.78 is 11.0. The van der Waals surface area contributed by atoms with Crippen LogP contribution in [0, 0.1) is 0 Å². The molecule has 2 fully saturated rings. The number of rotatable bonds is 2. The lowest BCUT2D eigenvalue weighted by Gasteiger charge is -2.18. The van der Waals surface area contributed by atoms with E-state index in [9.17, 15) is 4.79 Å². The second-order valence-electron chi connectivity index (χ2n) is 5.24. The Morgan fingerprint density at radius 3 is 2.41 bits per heavy atom. The van der Waals surface area contributed by atoms with Crippen LogP contribution in [-0.4, -0.2) is 24.3 Å². The Morgan fingerprint density at radius 1 is 1.12 bits per heavy atom. The van der Waals surface area contributed by atoms with Crippen molar-refractivity contribution in [2.75, 3.05) is 0 Å². The standard InChI is InChI=1S/C14H22O3/c1-10(2)14(15)16-11-6-3-4-8-12-13(17-12)9-5-7-11/h11-13H,1,3-9H2,2H3. The molecule has 2 rings (SSSR count). The lowest BCUT2D eigenvalue weighted by Crippen LogP contribution is -2.19. The Bertz CT molecular complexity index is 298. The number of fused-ring (bicyclic) bond motifs is 1. The van der Waals surface area contributed by atoms with Gasteiger partial charge in [-0.1, -0.05) is 13.0 Å². The third-order valence-electron chi connectivity index (χ3n) is 3.59. The third-order valence-corrected chi connectivity index (χ3v) is 3.59. The second-order valence-corrected chi connectivity index (χ2v) is 5.24. The molecule has 3 atom stereocenters. The molecule has 0 aromatic heterocycles. The van der Waals surface area contributed by atoms with Crippen LogP contribution in [0.3, 0.4) is 0 Å². The number of esters is 1. The molecule has 0 N–H and O–H groups in total. The quantitative estimate of drug-likeness (QED) is 0.422. The molecule has 3 heteroatoms. The predicted molar refractivity (Wildman–Crippen MR) is 65.7 cm³/mol. The van der Waals surface area contributed by atoms with Gasteiger partial charge in [-0.2, -0.15) is 0 Å². The molecule has 0 amide bonds. The minimum Gasteiger partial charge on any atom is -0.459 e. The first-order valence-electron chi connectivity index (χ1n) is 6.69. The maximum atomic E-state index is 11.5. The Labute approximate surface area is 103 Å². The minimum absolute atomic E-state index is 0.0782. The molecule has 3 nitrogen and oxygen atoms in total. The Hall–Kier alpha value is -0.830. The average molecular weight is 238 g/mol. The molecule has 0 aromatic rings. The molecule has 2 aliphatic rings. The summed E-state index contributed by atoms with van der Waals surface area (Å²) in [7, 11) is 0. The molecular weight excluding hydrogens is 216 g/mol. The highest BCUT2D eigenvalue weighted by Crippen LogP contribution is 2.33. The molecule has 1 saturated heterocycles. The van der Waals surface area contributed by atoms with Crippen molar-refractivity contribution in [2.45, 2.75) is 70.2 Å². The van der Waals surface area contributed by atoms with E-state index in [0.29, 0.717) is 17.8 Å². The zero-order valence-electron chi connectivity index (χ0n) is 10.6. The van der Waals surface area contributed by atoms with E-state index >= 15 is 0 Å². The maximum absolute atomic E-state index is 11.5. The van der Waals surface area contributed by atoms with Crippen LogP contribution in [0.4, 0.5) is 0 Å². The Kier molecular flexibility index (Phi) is 4.21. The van der Waals surface area contributed by atoms with E-state index in [2.05, 4.69) is 6.58 Å². The summed E-state index contributed by atoms with van der Waals surface area (Å²) in [6.45, 7) is 5.32. The molecule has 1 saturated carbocycles. The van der Waals surface area contributed by atoms with Gasteiger partial charge in [0.05, 0.1) is 12.2 Å². The minimum atomic E-state index is -0.243. The summed E-state index contributed by atoms with van der Waals surface area (Å²) in [6, 6.07) is 0. The second kappa shape index (κ2) is 5.67. The van der Waals surface area contributed by atoms with E-state index in [1.807, 2.05) is 0 Å². The van der Waals surface area contributed by atoms with Crippen LogP contribution >= 0.6 is 0 Å². The monoisotopic (exact) mass is 238 g/mol. The first kappa shape index (κ1) is 12.6. The first-order valence-corrected chi connectivity index (χ1v) is 6.69. The van der Waals surface area contributed by atoms with Gasteiger partial charge in [-0.25, -0.2) is 4.79 Å². The Balaban J connectivity index is 1.79. The normalized spacial score (nSPS) is 33.4. The molecule has 1 aliphatic heterocycles. The lowest BCUT2D eigenvalue weighted by molar-refractivity contribution is -0.145. The molecule has 0 spiro atoms. The van der Waals surface area contributed by atoms with E-state index in [4.69, 9.17) is 9.47 Å². The van der Waals surface area contributed by atoms with Gasteiger partial charge >= 0.3 is 5.97 Å². The highest BCUT2D eigenvalue weighted by atomic mass is 16.6. The van der Waals surface area contributed by atoms with Crippen LogP contribution in [-0.2, 0) is 14.3 Å². The van der Waals surface area contributed by atoms with E-state index < -0.39 is 0 Å². The van der Waals surface area contributed by atoms with Gasteiger partial charge in [0.25, 0.3) is 0 Å². The fourth-order valence-corrected chi connectivity index (χ4v) is 2.47. The van der Waals surface area contributed by atoms with Crippen LogP contribution in [0.15, 0.2) is 12.2 Å². The summed E-state index contributed by atoms with van der Waals surface area (Å²) in [5.74, 6) is -0.243. The van der Waals surface area contributed by atoms with Crippen LogP contribution in [0.2, 0.25) is 0 Å². The van der Waals surface area contributed by atoms with Crippen LogP contribution < -0.4 is 0 Å². The number of carbonyl (C=O) groups is 1. The zero-order valence-corrected chi connectivity index (χ0v) is 10.6. The van der Waals surface area contributed by atoms with E-state index in [1.54, 1.807) is 6.92 Å². The maximum Gasteiger partial charge on any atom is 0.333 e. The molecule has 96 valence electrons. The van der Waals surface area contributed by atoms with Crippen LogP contribution in [0.5, 0.6) is 0 Å². The van der Waals surface area contributed by atoms with E-state index in [1.165, 1.54) is 12.8 Å². The van der Waals surface area contributed by atoms with Gasteiger partial charge in [-0.3, -0.25) is 0 Å². The van der Waals surface area contributed by atoms with Gasteiger partial charge in [0.2, 0.25) is 0 Å². The summed E-state index contributed by atoms with van der Waals surface area (Å²) in [5, 5.41) is 0. The van der Waals surface area contributed by atoms with Crippen molar-refractivity contribution in [3.8, 4) is 0 Å². The van der Waals surface area contributed by atoms with Gasteiger partial charge in [0, 0.05) is 5.57 Å². The van der Waals surface area contributed by atoms with Crippen LogP contribution in [0.25, 0.3) is 0 Å². The topological polar surface area (TPSA) is 38.8 Å². The summed E-state index contributed by atoms with van der Waals surface area (Å²) >= 11 is 0. The van der Waals surface area contributed by atoms with E-state index in [0.717, 1.165) is 32.1 Å². The van der Waals surface area contributed by atoms with E-state index in [-0.39, 0.29) is 12.1 Å². The highest BCUT2D eigenvalue weighted by Gasteiger charge is 2.37. The highest BCUT2D eigenvalue weighted by molar-refractivity contribution is 5.87. The largest absolute Gasteiger partial charge is 0.459 e. The van der Waals surface area contributed by atoms with Gasteiger partial charge in [0.1, 0.15) is 6.10 Å². The smallest absolute Gasteiger partial charge is 0.333 e. The number of hydrogen-bond acceptors (Lipinski definition) is 3. The molecule has 0 bridgehead atoms. The fourth-order valence-electron chi connectivity index (χ4n) is 2.47. The lowest BCUT2D eigenvalue weighted by atomic mass is 9.99. The fraction of sp³-hybridized carbons (Fsp3) is 0.786. The Morgan fingerprint density at radius 2 is 1.71 bits per heavy atom. The van der Waals surface area contributed by atoms with Gasteiger partial charge < -0.3 is 9.47 Å². The number of hydrogen-bond donors (Lipinski definition) is 0. The number of ether oxygens (including phenoxy) is 2. The summed E-state index contributed by atoms with van der Waals surface area (Å²) in [4.78, 5) is 11.5. The van der Waals surface area contributed by atoms with Crippen molar-refractivity contribution in [3.05, 3.63) is 12.2 Å². The molecule has 17 heavy (non-hydrogen) atoms. The van der Waals surface area contributed by atoms with Gasteiger partial charge in [-0.05, 0) is 45.4 Å². The number of epoxide rings is 1. The SMILES string of the molecule is C=C(C)C(=O)OC1CCCCC2OC2CCC1. The van der Waals surface area contributed by atoms with Crippen molar-refractivity contribution in [3.63, 3.8) is 0 Å². The van der Waals surface area contributed by atoms with Gasteiger partial charge in [0.15, 0.2) is 0 Å². The van der Waals surface area contributed by atoms with Crippen molar-refractivity contribution in [2.24, 2.45) is 0 Å². The van der Waals surface area contributed by atoms with Crippen molar-refractivity contribution in [1.29, 1.82) is 0 Å². The van der Waals surface area contributed by atoms with Crippen LogP contribution in [0.1, 0.15) is 51.9 Å². The molecule has 3 unspecified atom stereocenters.